The van der Waals surface area contributed by atoms with Crippen LogP contribution in [0, 0.1) is 12.3 Å². The molecule has 0 fully saturated rings. The van der Waals surface area contributed by atoms with Gasteiger partial charge in [-0.15, -0.1) is 6.42 Å². The molecule has 0 N–H and O–H groups in total. The van der Waals surface area contributed by atoms with Gasteiger partial charge in [-0.3, -0.25) is 0 Å². The van der Waals surface area contributed by atoms with Crippen LogP contribution in [-0.2, 0) is 28.8 Å². The summed E-state index contributed by atoms with van der Waals surface area (Å²) in [5.74, 6) is 2.50. The molecule has 0 radical (unpaired) electrons. The van der Waals surface area contributed by atoms with Gasteiger partial charge in [-0.05, 0) is 64.7 Å². The monoisotopic (exact) mass is 368 g/mol. The molecular formula is C21H20O2S2. The highest BCUT2D eigenvalue weighted by Crippen LogP contribution is 2.26. The van der Waals surface area contributed by atoms with Gasteiger partial charge in [0.2, 0.25) is 0 Å². The molecule has 2 atom stereocenters. The Balaban J connectivity index is 2.45. The van der Waals surface area contributed by atoms with E-state index in [0.29, 0.717) is 6.42 Å². The highest BCUT2D eigenvalue weighted by molar-refractivity contribution is 7.91. The minimum atomic E-state index is -1.10. The van der Waals surface area contributed by atoms with E-state index in [-0.39, 0.29) is 0 Å². The molecule has 0 aliphatic carbocycles. The number of allylic oxidation sites excluding steroid dienone is 4. The Hall–Kier alpha value is -1.90. The Bertz CT molecular complexity index is 815. The van der Waals surface area contributed by atoms with Gasteiger partial charge in [-0.25, -0.2) is 0 Å². The number of hydrogen-bond donors (Lipinski definition) is 0. The van der Waals surface area contributed by atoms with Gasteiger partial charge in [0.05, 0.1) is 0 Å². The van der Waals surface area contributed by atoms with Crippen molar-refractivity contribution in [3.8, 4) is 12.3 Å². The van der Waals surface area contributed by atoms with Gasteiger partial charge in [-0.1, -0.05) is 42.3 Å². The van der Waals surface area contributed by atoms with Crippen LogP contribution in [0.15, 0.2) is 76.5 Å². The first-order valence-corrected chi connectivity index (χ1v) is 10.8. The number of hydrogen-bond acceptors (Lipinski definition) is 2. The second-order valence-corrected chi connectivity index (χ2v) is 8.07. The van der Waals surface area contributed by atoms with Gasteiger partial charge in [-0.2, -0.15) is 0 Å². The van der Waals surface area contributed by atoms with Crippen molar-refractivity contribution in [2.24, 2.45) is 0 Å². The zero-order valence-electron chi connectivity index (χ0n) is 14.3. The minimum Gasteiger partial charge on any atom is -0.612 e. The lowest BCUT2D eigenvalue weighted by Crippen LogP contribution is -2.03. The van der Waals surface area contributed by atoms with Crippen LogP contribution in [0.2, 0.25) is 0 Å². The fourth-order valence-corrected chi connectivity index (χ4v) is 4.09. The average Bonchev–Trinajstić information content (AvgIpc) is 2.62. The van der Waals surface area contributed by atoms with Gasteiger partial charge in [0, 0.05) is 11.1 Å². The molecule has 2 nitrogen and oxygen atoms in total. The van der Waals surface area contributed by atoms with Crippen molar-refractivity contribution in [1.82, 2.24) is 0 Å². The SMILES string of the molecule is C#C/C=C\C(=C/Cc1ccccc1[S+](C)[O-])c1ccccc1[S+](C)[O-]. The normalized spacial score (nSPS) is 14.3. The van der Waals surface area contributed by atoms with Crippen molar-refractivity contribution < 1.29 is 9.11 Å². The maximum absolute atomic E-state index is 12.0. The molecular weight excluding hydrogens is 348 g/mol. The van der Waals surface area contributed by atoms with Crippen molar-refractivity contribution in [2.45, 2.75) is 16.2 Å². The van der Waals surface area contributed by atoms with E-state index in [9.17, 15) is 9.11 Å². The molecule has 0 aliphatic heterocycles. The molecule has 2 aromatic rings. The highest BCUT2D eigenvalue weighted by atomic mass is 32.2. The third-order valence-corrected chi connectivity index (χ3v) is 5.68. The minimum absolute atomic E-state index is 0.616. The Labute approximate surface area is 156 Å². The van der Waals surface area contributed by atoms with E-state index < -0.39 is 22.4 Å². The maximum atomic E-state index is 12.0. The fraction of sp³-hybridized carbons (Fsp3) is 0.143. The van der Waals surface area contributed by atoms with Crippen LogP contribution in [0.25, 0.3) is 5.57 Å². The van der Waals surface area contributed by atoms with Gasteiger partial charge in [0.15, 0.2) is 9.79 Å². The van der Waals surface area contributed by atoms with Crippen LogP contribution in [0.4, 0.5) is 0 Å². The third kappa shape index (κ3) is 5.29. The first-order valence-electron chi connectivity index (χ1n) is 7.71. The third-order valence-electron chi connectivity index (χ3n) is 3.69. The highest BCUT2D eigenvalue weighted by Gasteiger charge is 2.14. The lowest BCUT2D eigenvalue weighted by Gasteiger charge is -2.12. The number of benzene rings is 2. The summed E-state index contributed by atoms with van der Waals surface area (Å²) in [5, 5.41) is 0. The van der Waals surface area contributed by atoms with Crippen LogP contribution in [0.1, 0.15) is 11.1 Å². The molecule has 2 unspecified atom stereocenters. The molecule has 2 aromatic carbocycles. The zero-order chi connectivity index (χ0) is 18.2. The zero-order valence-corrected chi connectivity index (χ0v) is 15.9. The molecule has 0 saturated carbocycles. The molecule has 0 bridgehead atoms. The smallest absolute Gasteiger partial charge is 0.160 e. The van der Waals surface area contributed by atoms with E-state index in [0.717, 1.165) is 26.5 Å². The summed E-state index contributed by atoms with van der Waals surface area (Å²) < 4.78 is 23.9. The van der Waals surface area contributed by atoms with Crippen LogP contribution in [-0.4, -0.2) is 21.6 Å². The van der Waals surface area contributed by atoms with Gasteiger partial charge in [0.25, 0.3) is 0 Å². The molecule has 4 heteroatoms. The van der Waals surface area contributed by atoms with E-state index in [1.807, 2.05) is 60.7 Å². The van der Waals surface area contributed by atoms with E-state index in [1.54, 1.807) is 18.6 Å². The lowest BCUT2D eigenvalue weighted by molar-refractivity contribution is 0.599. The van der Waals surface area contributed by atoms with Crippen LogP contribution >= 0.6 is 0 Å². The Morgan fingerprint density at radius 2 is 1.60 bits per heavy atom. The lowest BCUT2D eigenvalue weighted by atomic mass is 10.0. The first-order chi connectivity index (χ1) is 12.0. The predicted molar refractivity (Wildman–Crippen MR) is 107 cm³/mol. The van der Waals surface area contributed by atoms with Crippen molar-refractivity contribution in [3.63, 3.8) is 0 Å². The average molecular weight is 369 g/mol. The van der Waals surface area contributed by atoms with Crippen LogP contribution < -0.4 is 0 Å². The largest absolute Gasteiger partial charge is 0.612 e. The Morgan fingerprint density at radius 1 is 1.00 bits per heavy atom. The summed E-state index contributed by atoms with van der Waals surface area (Å²) in [5.41, 5.74) is 2.80. The van der Waals surface area contributed by atoms with E-state index >= 15 is 0 Å². The molecule has 0 aromatic heterocycles. The summed E-state index contributed by atoms with van der Waals surface area (Å²) in [4.78, 5) is 1.59. The van der Waals surface area contributed by atoms with E-state index in [2.05, 4.69) is 5.92 Å². The van der Waals surface area contributed by atoms with Crippen LogP contribution in [0.3, 0.4) is 0 Å². The summed E-state index contributed by atoms with van der Waals surface area (Å²) in [7, 11) is 0. The molecule has 0 spiro atoms. The topological polar surface area (TPSA) is 46.1 Å². The summed E-state index contributed by atoms with van der Waals surface area (Å²) in [6.07, 6.45) is 14.8. The predicted octanol–water partition coefficient (Wildman–Crippen LogP) is 3.98. The molecule has 0 aliphatic rings. The molecule has 2 rings (SSSR count). The standard InChI is InChI=1S/C21H20O2S2/c1-4-5-10-17(19-12-7-9-14-21(19)25(3)23)15-16-18-11-6-8-13-20(18)24(2)22/h1,5-15H,16H2,2-3H3/b10-5-,17-15+. The van der Waals surface area contributed by atoms with Gasteiger partial charge < -0.3 is 9.11 Å². The molecule has 0 amide bonds. The molecule has 0 saturated heterocycles. The Morgan fingerprint density at radius 3 is 2.24 bits per heavy atom. The summed E-state index contributed by atoms with van der Waals surface area (Å²) >= 11 is -2.15. The van der Waals surface area contributed by atoms with Crippen LogP contribution in [0.5, 0.6) is 0 Å². The van der Waals surface area contributed by atoms with Crippen molar-refractivity contribution in [1.29, 1.82) is 0 Å². The molecule has 25 heavy (non-hydrogen) atoms. The van der Waals surface area contributed by atoms with Gasteiger partial charge >= 0.3 is 0 Å². The molecule has 128 valence electrons. The van der Waals surface area contributed by atoms with E-state index in [1.165, 1.54) is 0 Å². The quantitative estimate of drug-likeness (QED) is 0.440. The first kappa shape index (κ1) is 19.4. The fourth-order valence-electron chi connectivity index (χ4n) is 2.53. The Kier molecular flexibility index (Phi) is 7.42. The summed E-state index contributed by atoms with van der Waals surface area (Å²) in [6, 6.07) is 15.3. The maximum Gasteiger partial charge on any atom is 0.160 e. The van der Waals surface area contributed by atoms with E-state index in [4.69, 9.17) is 6.42 Å². The van der Waals surface area contributed by atoms with Crippen molar-refractivity contribution in [3.05, 3.63) is 77.9 Å². The number of rotatable bonds is 6. The van der Waals surface area contributed by atoms with Crippen molar-refractivity contribution in [2.75, 3.05) is 12.5 Å². The van der Waals surface area contributed by atoms with Gasteiger partial charge in [0.1, 0.15) is 12.5 Å². The number of terminal acetylenes is 1. The second kappa shape index (κ2) is 9.55. The summed E-state index contributed by atoms with van der Waals surface area (Å²) in [6.45, 7) is 0. The molecule has 0 heterocycles. The van der Waals surface area contributed by atoms with Crippen molar-refractivity contribution >= 4 is 27.9 Å². The second-order valence-electron chi connectivity index (χ2n) is 5.38.